The van der Waals surface area contributed by atoms with E-state index >= 15 is 0 Å². The van der Waals surface area contributed by atoms with Gasteiger partial charge in [-0.15, -0.1) is 0 Å². The van der Waals surface area contributed by atoms with Gasteiger partial charge in [-0.05, 0) is 32.1 Å². The minimum atomic E-state index is -0.939. The average Bonchev–Trinajstić information content (AvgIpc) is 2.96. The molecule has 0 aromatic carbocycles. The summed E-state index contributed by atoms with van der Waals surface area (Å²) >= 11 is 0. The number of carbonyl (C=O) groups excluding carboxylic acids is 1. The third-order valence-electron chi connectivity index (χ3n) is 3.36. The van der Waals surface area contributed by atoms with Crippen molar-refractivity contribution in [3.05, 3.63) is 0 Å². The molecule has 2 fully saturated rings. The van der Waals surface area contributed by atoms with E-state index < -0.39 is 5.97 Å². The maximum atomic E-state index is 12.2. The molecule has 0 spiro atoms. The Balaban J connectivity index is 1.93. The van der Waals surface area contributed by atoms with Crippen LogP contribution >= 0.6 is 0 Å². The van der Waals surface area contributed by atoms with Gasteiger partial charge in [0.2, 0.25) is 5.91 Å². The van der Waals surface area contributed by atoms with E-state index in [1.807, 2.05) is 6.92 Å². The molecule has 1 saturated heterocycles. The van der Waals surface area contributed by atoms with E-state index in [0.717, 1.165) is 12.8 Å². The van der Waals surface area contributed by atoms with Crippen LogP contribution in [0.1, 0.15) is 26.2 Å². The summed E-state index contributed by atoms with van der Waals surface area (Å²) in [5.74, 6) is -0.629. The van der Waals surface area contributed by atoms with Gasteiger partial charge < -0.3 is 14.7 Å². The van der Waals surface area contributed by atoms with Crippen LogP contribution in [0.15, 0.2) is 0 Å². The van der Waals surface area contributed by atoms with Gasteiger partial charge in [-0.1, -0.05) is 0 Å². The summed E-state index contributed by atoms with van der Waals surface area (Å²) in [4.78, 5) is 24.4. The Morgan fingerprint density at radius 1 is 1.41 bits per heavy atom. The third-order valence-corrected chi connectivity index (χ3v) is 3.36. The molecule has 2 rings (SSSR count). The minimum absolute atomic E-state index is 0.0522. The van der Waals surface area contributed by atoms with Crippen molar-refractivity contribution in [1.29, 1.82) is 0 Å². The molecule has 0 aromatic heterocycles. The van der Waals surface area contributed by atoms with E-state index in [-0.39, 0.29) is 24.5 Å². The smallest absolute Gasteiger partial charge is 0.323 e. The second-order valence-corrected chi connectivity index (χ2v) is 5.13. The number of carboxylic acid groups (broad SMARTS) is 1. The topological polar surface area (TPSA) is 66.8 Å². The first-order valence-electron chi connectivity index (χ1n) is 6.18. The fourth-order valence-electron chi connectivity index (χ4n) is 2.26. The molecule has 2 unspecified atom stereocenters. The van der Waals surface area contributed by atoms with Crippen LogP contribution in [0.25, 0.3) is 0 Å². The molecule has 5 heteroatoms. The van der Waals surface area contributed by atoms with E-state index in [1.54, 1.807) is 0 Å². The Kier molecular flexibility index (Phi) is 3.66. The first kappa shape index (κ1) is 12.4. The normalized spacial score (nSPS) is 28.1. The Hall–Kier alpha value is -1.10. The lowest BCUT2D eigenvalue weighted by molar-refractivity contribution is -0.146. The number of nitrogens with zero attached hydrogens (tertiary/aromatic N) is 1. The Morgan fingerprint density at radius 2 is 2.12 bits per heavy atom. The van der Waals surface area contributed by atoms with Gasteiger partial charge >= 0.3 is 5.97 Å². The van der Waals surface area contributed by atoms with Gasteiger partial charge in [-0.3, -0.25) is 9.59 Å². The number of carbonyl (C=O) groups is 2. The highest BCUT2D eigenvalue weighted by atomic mass is 16.5. The van der Waals surface area contributed by atoms with E-state index in [4.69, 9.17) is 9.84 Å². The van der Waals surface area contributed by atoms with E-state index in [9.17, 15) is 9.59 Å². The number of rotatable bonds is 5. The summed E-state index contributed by atoms with van der Waals surface area (Å²) in [7, 11) is 0. The molecule has 1 saturated carbocycles. The van der Waals surface area contributed by atoms with Crippen LogP contribution in [-0.4, -0.2) is 47.7 Å². The zero-order valence-electron chi connectivity index (χ0n) is 10.1. The van der Waals surface area contributed by atoms with Gasteiger partial charge in [-0.25, -0.2) is 0 Å². The molecular formula is C12H19NO4. The number of hydrogen-bond donors (Lipinski definition) is 1. The Morgan fingerprint density at radius 3 is 2.59 bits per heavy atom. The van der Waals surface area contributed by atoms with Crippen molar-refractivity contribution < 1.29 is 19.4 Å². The maximum absolute atomic E-state index is 12.2. The van der Waals surface area contributed by atoms with Crippen molar-refractivity contribution in [1.82, 2.24) is 4.90 Å². The number of hydrogen-bond acceptors (Lipinski definition) is 3. The van der Waals surface area contributed by atoms with E-state index in [0.29, 0.717) is 25.5 Å². The highest BCUT2D eigenvalue weighted by Crippen LogP contribution is 2.31. The molecule has 96 valence electrons. The van der Waals surface area contributed by atoms with Gasteiger partial charge in [0.1, 0.15) is 6.54 Å². The van der Waals surface area contributed by atoms with Crippen molar-refractivity contribution in [3.8, 4) is 0 Å². The van der Waals surface area contributed by atoms with Crippen LogP contribution in [0.2, 0.25) is 0 Å². The Bertz CT molecular complexity index is 314. The molecule has 2 aliphatic rings. The number of ether oxygens (including phenoxy) is 1. The van der Waals surface area contributed by atoms with E-state index in [1.165, 1.54) is 4.90 Å². The largest absolute Gasteiger partial charge is 0.480 e. The van der Waals surface area contributed by atoms with Crippen molar-refractivity contribution in [2.45, 2.75) is 32.3 Å². The van der Waals surface area contributed by atoms with Gasteiger partial charge in [-0.2, -0.15) is 0 Å². The monoisotopic (exact) mass is 241 g/mol. The lowest BCUT2D eigenvalue weighted by Crippen LogP contribution is -2.41. The molecule has 1 amide bonds. The molecule has 2 atom stereocenters. The first-order chi connectivity index (χ1) is 8.06. The molecule has 1 heterocycles. The van der Waals surface area contributed by atoms with Crippen LogP contribution in [0.3, 0.4) is 0 Å². The average molecular weight is 241 g/mol. The number of carboxylic acids is 1. The predicted molar refractivity (Wildman–Crippen MR) is 60.5 cm³/mol. The lowest BCUT2D eigenvalue weighted by atomic mass is 10.0. The first-order valence-corrected chi connectivity index (χ1v) is 6.18. The SMILES string of the molecule is CC1CC(C(=O)N(CC(=O)O)CC2CC2)CO1. The summed E-state index contributed by atoms with van der Waals surface area (Å²) < 4.78 is 5.37. The highest BCUT2D eigenvalue weighted by molar-refractivity contribution is 5.83. The maximum Gasteiger partial charge on any atom is 0.323 e. The summed E-state index contributed by atoms with van der Waals surface area (Å²) in [6.07, 6.45) is 3.04. The zero-order chi connectivity index (χ0) is 12.4. The number of amides is 1. The quantitative estimate of drug-likeness (QED) is 0.770. The summed E-state index contributed by atoms with van der Waals surface area (Å²) in [5.41, 5.74) is 0. The molecule has 1 N–H and O–H groups in total. The van der Waals surface area contributed by atoms with Crippen LogP contribution in [0.5, 0.6) is 0 Å². The third kappa shape index (κ3) is 3.43. The fraction of sp³-hybridized carbons (Fsp3) is 0.833. The summed E-state index contributed by atoms with van der Waals surface area (Å²) in [5, 5.41) is 8.84. The Labute approximate surface area is 101 Å². The predicted octanol–water partition coefficient (Wildman–Crippen LogP) is 0.735. The number of aliphatic carboxylic acids is 1. The second-order valence-electron chi connectivity index (χ2n) is 5.13. The van der Waals surface area contributed by atoms with Gasteiger partial charge in [0.05, 0.1) is 18.6 Å². The van der Waals surface area contributed by atoms with Gasteiger partial charge in [0.25, 0.3) is 0 Å². The zero-order valence-corrected chi connectivity index (χ0v) is 10.1. The summed E-state index contributed by atoms with van der Waals surface area (Å²) in [6.45, 7) is 2.78. The highest BCUT2D eigenvalue weighted by Gasteiger charge is 2.34. The van der Waals surface area contributed by atoms with Crippen LogP contribution < -0.4 is 0 Å². The summed E-state index contributed by atoms with van der Waals surface area (Å²) in [6, 6.07) is 0. The molecule has 5 nitrogen and oxygen atoms in total. The van der Waals surface area contributed by atoms with Gasteiger partial charge in [0, 0.05) is 6.54 Å². The molecule has 0 radical (unpaired) electrons. The van der Waals surface area contributed by atoms with Crippen molar-refractivity contribution >= 4 is 11.9 Å². The molecule has 1 aliphatic carbocycles. The molecular weight excluding hydrogens is 222 g/mol. The second kappa shape index (κ2) is 5.04. The van der Waals surface area contributed by atoms with Crippen molar-refractivity contribution in [2.75, 3.05) is 19.7 Å². The van der Waals surface area contributed by atoms with Crippen LogP contribution in [0.4, 0.5) is 0 Å². The standard InChI is InChI=1S/C12H19NO4/c1-8-4-10(7-17-8)12(16)13(6-11(14)15)5-9-2-3-9/h8-10H,2-7H2,1H3,(H,14,15). The van der Waals surface area contributed by atoms with E-state index in [2.05, 4.69) is 0 Å². The molecule has 17 heavy (non-hydrogen) atoms. The molecule has 0 aromatic rings. The van der Waals surface area contributed by atoms with Crippen LogP contribution in [0, 0.1) is 11.8 Å². The fourth-order valence-corrected chi connectivity index (χ4v) is 2.26. The minimum Gasteiger partial charge on any atom is -0.480 e. The van der Waals surface area contributed by atoms with Gasteiger partial charge in [0.15, 0.2) is 0 Å². The van der Waals surface area contributed by atoms with Crippen molar-refractivity contribution in [3.63, 3.8) is 0 Å². The van der Waals surface area contributed by atoms with Crippen molar-refractivity contribution in [2.24, 2.45) is 11.8 Å². The van der Waals surface area contributed by atoms with Crippen LogP contribution in [-0.2, 0) is 14.3 Å². The molecule has 1 aliphatic heterocycles. The molecule has 0 bridgehead atoms. The lowest BCUT2D eigenvalue weighted by Gasteiger charge is -2.23.